The molecule has 100 valence electrons. The fraction of sp³-hybridized carbons (Fsp3) is 0.562. The number of phenolic OH excluding ortho intramolecular Hbond substituents is 1. The summed E-state index contributed by atoms with van der Waals surface area (Å²) < 4.78 is 0. The van der Waals surface area contributed by atoms with Gasteiger partial charge in [-0.25, -0.2) is 0 Å². The number of carbonyl (C=O) groups is 1. The van der Waals surface area contributed by atoms with Gasteiger partial charge in [-0.1, -0.05) is 33.8 Å². The number of rotatable bonds is 5. The zero-order valence-corrected chi connectivity index (χ0v) is 11.9. The summed E-state index contributed by atoms with van der Waals surface area (Å²) in [6.45, 7) is 9.05. The molecule has 0 aliphatic carbocycles. The van der Waals surface area contributed by atoms with Gasteiger partial charge in [-0.3, -0.25) is 4.79 Å². The minimum atomic E-state index is 0.0662. The van der Waals surface area contributed by atoms with Gasteiger partial charge >= 0.3 is 0 Å². The monoisotopic (exact) mass is 248 g/mol. The molecule has 2 heteroatoms. The molecule has 0 saturated heterocycles. The Kier molecular flexibility index (Phi) is 4.94. The van der Waals surface area contributed by atoms with Gasteiger partial charge in [0.25, 0.3) is 0 Å². The molecule has 0 radical (unpaired) electrons. The van der Waals surface area contributed by atoms with Gasteiger partial charge in [0.1, 0.15) is 5.75 Å². The Hall–Kier alpha value is -1.31. The lowest BCUT2D eigenvalue weighted by atomic mass is 9.83. The SMILES string of the molecule is CC(CCc1ccc(O)c(C=O)c1)CC(C)(C)C. The van der Waals surface area contributed by atoms with Crippen molar-refractivity contribution in [1.82, 2.24) is 0 Å². The van der Waals surface area contributed by atoms with Crippen molar-refractivity contribution in [1.29, 1.82) is 0 Å². The van der Waals surface area contributed by atoms with Crippen LogP contribution in [0.25, 0.3) is 0 Å². The lowest BCUT2D eigenvalue weighted by molar-refractivity contribution is 0.112. The minimum Gasteiger partial charge on any atom is -0.507 e. The fourth-order valence-electron chi connectivity index (χ4n) is 2.41. The molecule has 0 aliphatic rings. The van der Waals surface area contributed by atoms with Gasteiger partial charge in [-0.2, -0.15) is 0 Å². The van der Waals surface area contributed by atoms with Crippen LogP contribution in [0.3, 0.4) is 0 Å². The number of hydrogen-bond acceptors (Lipinski definition) is 2. The number of aryl methyl sites for hydroxylation is 1. The number of carbonyl (C=O) groups excluding carboxylic acids is 1. The summed E-state index contributed by atoms with van der Waals surface area (Å²) in [6.07, 6.45) is 3.97. The number of aldehydes is 1. The second kappa shape index (κ2) is 6.03. The molecule has 0 spiro atoms. The van der Waals surface area contributed by atoms with Gasteiger partial charge in [-0.05, 0) is 48.3 Å². The molecule has 1 N–H and O–H groups in total. The van der Waals surface area contributed by atoms with Crippen LogP contribution in [0.15, 0.2) is 18.2 Å². The predicted octanol–water partition coefficient (Wildman–Crippen LogP) is 4.21. The van der Waals surface area contributed by atoms with E-state index in [9.17, 15) is 9.90 Å². The molecule has 0 aromatic heterocycles. The van der Waals surface area contributed by atoms with Crippen LogP contribution in [0, 0.1) is 11.3 Å². The van der Waals surface area contributed by atoms with E-state index in [1.807, 2.05) is 6.07 Å². The first-order valence-electron chi connectivity index (χ1n) is 6.59. The first-order valence-corrected chi connectivity index (χ1v) is 6.59. The summed E-state index contributed by atoms with van der Waals surface area (Å²) in [7, 11) is 0. The Labute approximate surface area is 110 Å². The standard InChI is InChI=1S/C16H24O2/c1-12(10-16(2,3)4)5-6-13-7-8-15(18)14(9-13)11-17/h7-9,11-12,18H,5-6,10H2,1-4H3. The average molecular weight is 248 g/mol. The third-order valence-corrected chi connectivity index (χ3v) is 3.11. The van der Waals surface area contributed by atoms with Crippen LogP contribution >= 0.6 is 0 Å². The molecule has 0 fully saturated rings. The van der Waals surface area contributed by atoms with Gasteiger partial charge in [0.2, 0.25) is 0 Å². The van der Waals surface area contributed by atoms with Crippen LogP contribution in [0.4, 0.5) is 0 Å². The minimum absolute atomic E-state index is 0.0662. The highest BCUT2D eigenvalue weighted by molar-refractivity contribution is 5.79. The zero-order chi connectivity index (χ0) is 13.8. The van der Waals surface area contributed by atoms with Crippen LogP contribution in [-0.2, 0) is 6.42 Å². The molecule has 0 saturated carbocycles. The Morgan fingerprint density at radius 2 is 2.00 bits per heavy atom. The van der Waals surface area contributed by atoms with Crippen LogP contribution in [0.1, 0.15) is 56.5 Å². The van der Waals surface area contributed by atoms with Crippen molar-refractivity contribution >= 4 is 6.29 Å². The van der Waals surface area contributed by atoms with Crippen molar-refractivity contribution in [2.24, 2.45) is 11.3 Å². The summed E-state index contributed by atoms with van der Waals surface area (Å²) >= 11 is 0. The molecule has 0 amide bonds. The molecule has 2 nitrogen and oxygen atoms in total. The Balaban J connectivity index is 2.56. The lowest BCUT2D eigenvalue weighted by Crippen LogP contribution is -2.11. The van der Waals surface area contributed by atoms with Gasteiger partial charge in [0.05, 0.1) is 5.56 Å². The van der Waals surface area contributed by atoms with Crippen molar-refractivity contribution in [3.63, 3.8) is 0 Å². The molecule has 1 aromatic carbocycles. The maximum atomic E-state index is 10.7. The van der Waals surface area contributed by atoms with Crippen LogP contribution in [-0.4, -0.2) is 11.4 Å². The molecule has 0 bridgehead atoms. The van der Waals surface area contributed by atoms with E-state index < -0.39 is 0 Å². The quantitative estimate of drug-likeness (QED) is 0.792. The summed E-state index contributed by atoms with van der Waals surface area (Å²) in [4.78, 5) is 10.7. The molecule has 1 unspecified atom stereocenters. The Morgan fingerprint density at radius 3 is 2.56 bits per heavy atom. The summed E-state index contributed by atoms with van der Waals surface area (Å²) in [5.41, 5.74) is 1.87. The zero-order valence-electron chi connectivity index (χ0n) is 11.9. The van der Waals surface area contributed by atoms with E-state index in [0.29, 0.717) is 23.2 Å². The molecule has 18 heavy (non-hydrogen) atoms. The molecule has 1 atom stereocenters. The van der Waals surface area contributed by atoms with Gasteiger partial charge in [-0.15, -0.1) is 0 Å². The highest BCUT2D eigenvalue weighted by Gasteiger charge is 2.15. The highest BCUT2D eigenvalue weighted by atomic mass is 16.3. The molecule has 1 rings (SSSR count). The largest absolute Gasteiger partial charge is 0.507 e. The second-order valence-corrected chi connectivity index (χ2v) is 6.42. The summed E-state index contributed by atoms with van der Waals surface area (Å²) in [5.74, 6) is 0.731. The average Bonchev–Trinajstić information content (AvgIpc) is 2.25. The van der Waals surface area contributed by atoms with Gasteiger partial charge < -0.3 is 5.11 Å². The van der Waals surface area contributed by atoms with E-state index in [1.165, 1.54) is 6.42 Å². The van der Waals surface area contributed by atoms with E-state index in [-0.39, 0.29) is 5.75 Å². The number of phenols is 1. The van der Waals surface area contributed by atoms with Crippen molar-refractivity contribution < 1.29 is 9.90 Å². The number of hydrogen-bond donors (Lipinski definition) is 1. The lowest BCUT2D eigenvalue weighted by Gasteiger charge is -2.23. The van der Waals surface area contributed by atoms with Crippen LogP contribution in [0.2, 0.25) is 0 Å². The van der Waals surface area contributed by atoms with Crippen molar-refractivity contribution in [3.8, 4) is 5.75 Å². The van der Waals surface area contributed by atoms with Crippen LogP contribution < -0.4 is 0 Å². The topological polar surface area (TPSA) is 37.3 Å². The van der Waals surface area contributed by atoms with Crippen LogP contribution in [0.5, 0.6) is 5.75 Å². The Bertz CT molecular complexity index is 402. The maximum absolute atomic E-state index is 10.7. The molecular weight excluding hydrogens is 224 g/mol. The third kappa shape index (κ3) is 4.91. The first-order chi connectivity index (χ1) is 8.31. The predicted molar refractivity (Wildman–Crippen MR) is 75.1 cm³/mol. The third-order valence-electron chi connectivity index (χ3n) is 3.11. The first kappa shape index (κ1) is 14.7. The highest BCUT2D eigenvalue weighted by Crippen LogP contribution is 2.27. The summed E-state index contributed by atoms with van der Waals surface area (Å²) in [5, 5.41) is 9.43. The van der Waals surface area contributed by atoms with Crippen molar-refractivity contribution in [2.75, 3.05) is 0 Å². The van der Waals surface area contributed by atoms with Gasteiger partial charge in [0, 0.05) is 0 Å². The second-order valence-electron chi connectivity index (χ2n) is 6.42. The maximum Gasteiger partial charge on any atom is 0.153 e. The number of benzene rings is 1. The van der Waals surface area contributed by atoms with Crippen molar-refractivity contribution in [3.05, 3.63) is 29.3 Å². The summed E-state index contributed by atoms with van der Waals surface area (Å²) in [6, 6.07) is 5.28. The molecular formula is C16H24O2. The van der Waals surface area contributed by atoms with E-state index in [0.717, 1.165) is 18.4 Å². The Morgan fingerprint density at radius 1 is 1.33 bits per heavy atom. The van der Waals surface area contributed by atoms with E-state index in [2.05, 4.69) is 27.7 Å². The normalized spacial score (nSPS) is 13.3. The molecule has 1 aromatic rings. The van der Waals surface area contributed by atoms with Crippen molar-refractivity contribution in [2.45, 2.75) is 47.0 Å². The van der Waals surface area contributed by atoms with E-state index in [4.69, 9.17) is 0 Å². The smallest absolute Gasteiger partial charge is 0.153 e. The fourth-order valence-corrected chi connectivity index (χ4v) is 2.41. The number of aromatic hydroxyl groups is 1. The van der Waals surface area contributed by atoms with Gasteiger partial charge in [0.15, 0.2) is 6.29 Å². The molecule has 0 heterocycles. The van der Waals surface area contributed by atoms with E-state index in [1.54, 1.807) is 12.1 Å². The van der Waals surface area contributed by atoms with E-state index >= 15 is 0 Å². The molecule has 0 aliphatic heterocycles.